The minimum absolute atomic E-state index is 0.0277. The van der Waals surface area contributed by atoms with Crippen molar-refractivity contribution in [3.8, 4) is 17.4 Å². The zero-order chi connectivity index (χ0) is 25.1. The molecule has 36 heavy (non-hydrogen) atoms. The number of nitrogen functional groups attached to an aromatic ring is 1. The van der Waals surface area contributed by atoms with E-state index in [-0.39, 0.29) is 11.8 Å². The minimum Gasteiger partial charge on any atom is -0.486 e. The summed E-state index contributed by atoms with van der Waals surface area (Å²) in [5.74, 6) is 1.67. The van der Waals surface area contributed by atoms with Gasteiger partial charge in [-0.3, -0.25) is 10.4 Å². The fourth-order valence-electron chi connectivity index (χ4n) is 3.91. The number of nitrogens with zero attached hydrogens (tertiary/aromatic N) is 4. The van der Waals surface area contributed by atoms with E-state index in [0.717, 1.165) is 21.5 Å². The number of aromatic amines is 1. The maximum absolute atomic E-state index is 12.8. The Labute approximate surface area is 205 Å². The average molecular weight is 489 g/mol. The van der Waals surface area contributed by atoms with Crippen LogP contribution in [0.3, 0.4) is 0 Å². The van der Waals surface area contributed by atoms with Gasteiger partial charge in [-0.05, 0) is 48.0 Å². The van der Waals surface area contributed by atoms with Crippen LogP contribution in [0.4, 0.5) is 5.69 Å². The number of anilines is 1. The summed E-state index contributed by atoms with van der Waals surface area (Å²) in [6.07, 6.45) is 3.07. The van der Waals surface area contributed by atoms with E-state index in [4.69, 9.17) is 25.4 Å². The first-order chi connectivity index (χ1) is 17.5. The molecule has 0 saturated heterocycles. The van der Waals surface area contributed by atoms with Gasteiger partial charge in [0.15, 0.2) is 17.3 Å². The van der Waals surface area contributed by atoms with Crippen LogP contribution in [-0.2, 0) is 11.3 Å². The number of benzene rings is 2. The second-order valence-electron chi connectivity index (χ2n) is 7.98. The van der Waals surface area contributed by atoms with Crippen molar-refractivity contribution in [1.29, 1.82) is 5.41 Å². The number of hydrogen-bond donors (Lipinski definition) is 4. The molecule has 184 valence electrons. The second-order valence-corrected chi connectivity index (χ2v) is 7.98. The molecule has 12 heteroatoms. The van der Waals surface area contributed by atoms with Crippen LogP contribution in [-0.4, -0.2) is 50.9 Å². The number of aromatic nitrogens is 5. The molecule has 1 unspecified atom stereocenters. The highest BCUT2D eigenvalue weighted by molar-refractivity contribution is 5.95. The van der Waals surface area contributed by atoms with Gasteiger partial charge < -0.3 is 25.3 Å². The molecule has 1 atom stereocenters. The van der Waals surface area contributed by atoms with Gasteiger partial charge in [0.05, 0.1) is 6.61 Å². The highest BCUT2D eigenvalue weighted by Crippen LogP contribution is 2.39. The highest BCUT2D eigenvalue weighted by Gasteiger charge is 2.25. The Hall–Kier alpha value is -4.71. The van der Waals surface area contributed by atoms with Crippen LogP contribution in [0.1, 0.15) is 28.6 Å². The van der Waals surface area contributed by atoms with E-state index in [9.17, 15) is 4.79 Å². The maximum Gasteiger partial charge on any atom is 0.350 e. The predicted molar refractivity (Wildman–Crippen MR) is 131 cm³/mol. The molecule has 1 aliphatic rings. The molecule has 0 aliphatic carbocycles. The van der Waals surface area contributed by atoms with Gasteiger partial charge in [-0.25, -0.2) is 14.8 Å². The first-order valence-electron chi connectivity index (χ1n) is 11.1. The quantitative estimate of drug-likeness (QED) is 0.213. The van der Waals surface area contributed by atoms with Gasteiger partial charge in [-0.15, -0.1) is 9.78 Å². The zero-order valence-electron chi connectivity index (χ0n) is 19.4. The molecule has 0 spiro atoms. The van der Waals surface area contributed by atoms with E-state index in [1.807, 2.05) is 12.1 Å². The summed E-state index contributed by atoms with van der Waals surface area (Å²) >= 11 is 0. The lowest BCUT2D eigenvalue weighted by molar-refractivity contribution is 0.153. The van der Waals surface area contributed by atoms with Gasteiger partial charge in [-0.1, -0.05) is 0 Å². The van der Waals surface area contributed by atoms with Crippen LogP contribution in [0.15, 0.2) is 59.7 Å². The molecule has 4 aromatic rings. The molecule has 12 nitrogen and oxygen atoms in total. The molecule has 3 heterocycles. The summed E-state index contributed by atoms with van der Waals surface area (Å²) in [6, 6.07) is 11.9. The van der Waals surface area contributed by atoms with Crippen molar-refractivity contribution in [1.82, 2.24) is 24.7 Å². The monoisotopic (exact) mass is 488 g/mol. The van der Waals surface area contributed by atoms with E-state index in [1.54, 1.807) is 37.4 Å². The van der Waals surface area contributed by atoms with Gasteiger partial charge in [0.2, 0.25) is 0 Å². The summed E-state index contributed by atoms with van der Waals surface area (Å²) in [4.78, 5) is 23.9. The number of fused-ring (bicyclic) bond motifs is 1. The SMILES string of the molecule is COCc1cc(C(Nc2ccc(C(=N)N)cc2)c2nn(-c3ncccn3)c(=O)[nH]2)cc2c1OCCO2. The van der Waals surface area contributed by atoms with Crippen LogP contribution in [0.25, 0.3) is 5.95 Å². The molecular formula is C24H24N8O4. The molecule has 1 aliphatic heterocycles. The van der Waals surface area contributed by atoms with Crippen molar-refractivity contribution in [2.24, 2.45) is 5.73 Å². The smallest absolute Gasteiger partial charge is 0.350 e. The lowest BCUT2D eigenvalue weighted by Crippen LogP contribution is -2.20. The Morgan fingerprint density at radius 3 is 2.69 bits per heavy atom. The van der Waals surface area contributed by atoms with E-state index < -0.39 is 11.7 Å². The van der Waals surface area contributed by atoms with Crippen LogP contribution in [0, 0.1) is 5.41 Å². The number of H-pyrrole nitrogens is 1. The van der Waals surface area contributed by atoms with Gasteiger partial charge in [0, 0.05) is 36.3 Å². The molecule has 5 N–H and O–H groups in total. The van der Waals surface area contributed by atoms with E-state index >= 15 is 0 Å². The third kappa shape index (κ3) is 4.61. The van der Waals surface area contributed by atoms with Gasteiger partial charge in [-0.2, -0.15) is 0 Å². The number of amidine groups is 1. The fourth-order valence-corrected chi connectivity index (χ4v) is 3.91. The number of rotatable bonds is 8. The third-order valence-electron chi connectivity index (χ3n) is 5.53. The Bertz CT molecular complexity index is 1430. The molecule has 0 bridgehead atoms. The molecule has 0 amide bonds. The Kier molecular flexibility index (Phi) is 6.33. The third-order valence-corrected chi connectivity index (χ3v) is 5.53. The van der Waals surface area contributed by atoms with E-state index in [1.165, 1.54) is 12.4 Å². The number of methoxy groups -OCH3 is 1. The predicted octanol–water partition coefficient (Wildman–Crippen LogP) is 1.75. The van der Waals surface area contributed by atoms with Gasteiger partial charge >= 0.3 is 5.69 Å². The van der Waals surface area contributed by atoms with Crippen molar-refractivity contribution in [3.05, 3.63) is 87.9 Å². The lowest BCUT2D eigenvalue weighted by Gasteiger charge is -2.25. The van der Waals surface area contributed by atoms with Gasteiger partial charge in [0.1, 0.15) is 25.1 Å². The normalized spacial score (nSPS) is 13.2. The molecule has 2 aromatic heterocycles. The summed E-state index contributed by atoms with van der Waals surface area (Å²) < 4.78 is 18.2. The van der Waals surface area contributed by atoms with Crippen molar-refractivity contribution in [2.45, 2.75) is 12.6 Å². The molecular weight excluding hydrogens is 464 g/mol. The highest BCUT2D eigenvalue weighted by atomic mass is 16.6. The topological polar surface area (TPSA) is 166 Å². The van der Waals surface area contributed by atoms with Crippen LogP contribution >= 0.6 is 0 Å². The second kappa shape index (κ2) is 9.88. The molecule has 5 rings (SSSR count). The van der Waals surface area contributed by atoms with Crippen LogP contribution < -0.4 is 26.2 Å². The molecule has 0 fully saturated rings. The van der Waals surface area contributed by atoms with Crippen molar-refractivity contribution >= 4 is 11.5 Å². The van der Waals surface area contributed by atoms with Crippen LogP contribution in [0.2, 0.25) is 0 Å². The maximum atomic E-state index is 12.8. The standard InChI is InChI=1S/C24H24N8O4/c1-34-13-16-11-15(12-18-20(16)36-10-9-35-18)19(29-17-5-3-14(4-6-17)21(25)26)22-30-24(33)32(31-22)23-27-7-2-8-28-23/h2-8,11-12,19,29H,9-10,13H2,1H3,(H3,25,26)(H,30,31,33). The van der Waals surface area contributed by atoms with E-state index in [0.29, 0.717) is 42.7 Å². The first kappa shape index (κ1) is 23.1. The molecule has 0 saturated carbocycles. The Morgan fingerprint density at radius 1 is 1.22 bits per heavy atom. The van der Waals surface area contributed by atoms with Crippen molar-refractivity contribution in [3.63, 3.8) is 0 Å². The zero-order valence-corrected chi connectivity index (χ0v) is 19.4. The summed E-state index contributed by atoms with van der Waals surface area (Å²) in [5, 5.41) is 15.5. The first-order valence-corrected chi connectivity index (χ1v) is 11.1. The molecule has 0 radical (unpaired) electrons. The van der Waals surface area contributed by atoms with Crippen molar-refractivity contribution < 1.29 is 14.2 Å². The lowest BCUT2D eigenvalue weighted by atomic mass is 10.0. The summed E-state index contributed by atoms with van der Waals surface area (Å²) in [7, 11) is 1.61. The summed E-state index contributed by atoms with van der Waals surface area (Å²) in [6.45, 7) is 1.18. The largest absolute Gasteiger partial charge is 0.486 e. The Balaban J connectivity index is 1.61. The number of nitrogens with two attached hydrogens (primary N) is 1. The number of ether oxygens (including phenoxy) is 3. The fraction of sp³-hybridized carbons (Fsp3) is 0.208. The number of nitrogens with one attached hydrogen (secondary N) is 3. The summed E-state index contributed by atoms with van der Waals surface area (Å²) in [5.41, 5.74) is 7.99. The molecule has 2 aromatic carbocycles. The van der Waals surface area contributed by atoms with E-state index in [2.05, 4.69) is 25.4 Å². The van der Waals surface area contributed by atoms with Crippen LogP contribution in [0.5, 0.6) is 11.5 Å². The minimum atomic E-state index is -0.600. The number of hydrogen-bond acceptors (Lipinski definition) is 9. The van der Waals surface area contributed by atoms with Gasteiger partial charge in [0.25, 0.3) is 5.95 Å². The Morgan fingerprint density at radius 2 is 1.97 bits per heavy atom. The van der Waals surface area contributed by atoms with Crippen molar-refractivity contribution in [2.75, 3.05) is 25.6 Å². The average Bonchev–Trinajstić information content (AvgIpc) is 3.29.